The van der Waals surface area contributed by atoms with Gasteiger partial charge in [0.25, 0.3) is 0 Å². The standard InChI is InChI=1S/C12H22N6O2/c1-8(2)20-11-15-9(17-13)14-10(16-11)18-5-6-19-12(3,4)7-18/h8H,5-7,13H2,1-4H3,(H,14,15,16,17). The van der Waals surface area contributed by atoms with Crippen LogP contribution in [-0.4, -0.2) is 46.4 Å². The molecule has 112 valence electrons. The molecule has 20 heavy (non-hydrogen) atoms. The molecule has 0 radical (unpaired) electrons. The van der Waals surface area contributed by atoms with Crippen LogP contribution in [0.25, 0.3) is 0 Å². The summed E-state index contributed by atoms with van der Waals surface area (Å²) >= 11 is 0. The Morgan fingerprint density at radius 1 is 1.35 bits per heavy atom. The summed E-state index contributed by atoms with van der Waals surface area (Å²) in [5.41, 5.74) is 2.20. The Kier molecular flexibility index (Phi) is 4.24. The van der Waals surface area contributed by atoms with E-state index in [4.69, 9.17) is 15.3 Å². The number of nitrogens with two attached hydrogens (primary N) is 1. The van der Waals surface area contributed by atoms with Crippen molar-refractivity contribution >= 4 is 11.9 Å². The van der Waals surface area contributed by atoms with Crippen LogP contribution in [-0.2, 0) is 4.74 Å². The van der Waals surface area contributed by atoms with Crippen LogP contribution in [0.3, 0.4) is 0 Å². The van der Waals surface area contributed by atoms with Crippen LogP contribution in [0.2, 0.25) is 0 Å². The van der Waals surface area contributed by atoms with Gasteiger partial charge in [0.05, 0.1) is 18.3 Å². The largest absolute Gasteiger partial charge is 0.461 e. The minimum Gasteiger partial charge on any atom is -0.461 e. The van der Waals surface area contributed by atoms with E-state index in [1.165, 1.54) is 0 Å². The summed E-state index contributed by atoms with van der Waals surface area (Å²) in [7, 11) is 0. The molecule has 8 nitrogen and oxygen atoms in total. The Morgan fingerprint density at radius 2 is 2.10 bits per heavy atom. The van der Waals surface area contributed by atoms with E-state index in [0.717, 1.165) is 6.54 Å². The Balaban J connectivity index is 2.25. The second-order valence-electron chi connectivity index (χ2n) is 5.58. The third kappa shape index (κ3) is 3.67. The zero-order valence-electron chi connectivity index (χ0n) is 12.4. The molecule has 1 aliphatic heterocycles. The van der Waals surface area contributed by atoms with Crippen molar-refractivity contribution in [1.82, 2.24) is 15.0 Å². The molecule has 1 aliphatic rings. The Hall–Kier alpha value is -1.67. The van der Waals surface area contributed by atoms with Gasteiger partial charge in [-0.15, -0.1) is 0 Å². The lowest BCUT2D eigenvalue weighted by molar-refractivity contribution is -0.0282. The van der Waals surface area contributed by atoms with Gasteiger partial charge in [0.2, 0.25) is 11.9 Å². The minimum atomic E-state index is -0.236. The lowest BCUT2D eigenvalue weighted by Gasteiger charge is -2.38. The van der Waals surface area contributed by atoms with E-state index in [-0.39, 0.29) is 23.7 Å². The maximum absolute atomic E-state index is 5.68. The SMILES string of the molecule is CC(C)Oc1nc(NN)nc(N2CCOC(C)(C)C2)n1. The first kappa shape index (κ1) is 14.7. The average Bonchev–Trinajstić information content (AvgIpc) is 2.36. The summed E-state index contributed by atoms with van der Waals surface area (Å²) in [6.07, 6.45) is -0.0167. The first-order chi connectivity index (χ1) is 9.39. The highest BCUT2D eigenvalue weighted by Crippen LogP contribution is 2.22. The number of hydrogen-bond donors (Lipinski definition) is 2. The zero-order valence-corrected chi connectivity index (χ0v) is 12.4. The van der Waals surface area contributed by atoms with Gasteiger partial charge in [0.1, 0.15) is 0 Å². The summed E-state index contributed by atoms with van der Waals surface area (Å²) in [5.74, 6) is 6.23. The first-order valence-corrected chi connectivity index (χ1v) is 6.68. The number of rotatable bonds is 4. The third-order valence-corrected chi connectivity index (χ3v) is 2.78. The third-order valence-electron chi connectivity index (χ3n) is 2.78. The molecular formula is C12H22N6O2. The molecule has 0 unspecified atom stereocenters. The normalized spacial score (nSPS) is 18.2. The maximum Gasteiger partial charge on any atom is 0.323 e. The van der Waals surface area contributed by atoms with Gasteiger partial charge in [-0.3, -0.25) is 5.43 Å². The molecule has 0 aliphatic carbocycles. The summed E-state index contributed by atoms with van der Waals surface area (Å²) in [6.45, 7) is 9.95. The zero-order chi connectivity index (χ0) is 14.8. The molecule has 8 heteroatoms. The van der Waals surface area contributed by atoms with Crippen molar-refractivity contribution < 1.29 is 9.47 Å². The van der Waals surface area contributed by atoms with E-state index >= 15 is 0 Å². The molecule has 2 heterocycles. The number of ether oxygens (including phenoxy) is 2. The fourth-order valence-corrected chi connectivity index (χ4v) is 2.00. The summed E-state index contributed by atoms with van der Waals surface area (Å²) < 4.78 is 11.2. The maximum atomic E-state index is 5.68. The Labute approximate surface area is 118 Å². The van der Waals surface area contributed by atoms with E-state index in [9.17, 15) is 0 Å². The first-order valence-electron chi connectivity index (χ1n) is 6.68. The van der Waals surface area contributed by atoms with Crippen LogP contribution < -0.4 is 20.9 Å². The quantitative estimate of drug-likeness (QED) is 0.610. The van der Waals surface area contributed by atoms with Crippen molar-refractivity contribution in [3.8, 4) is 6.01 Å². The van der Waals surface area contributed by atoms with Crippen LogP contribution in [0.5, 0.6) is 6.01 Å². The van der Waals surface area contributed by atoms with Crippen LogP contribution in [0, 0.1) is 0 Å². The number of morpholine rings is 1. The fourth-order valence-electron chi connectivity index (χ4n) is 2.00. The highest BCUT2D eigenvalue weighted by atomic mass is 16.5. The van der Waals surface area contributed by atoms with Crippen molar-refractivity contribution in [2.24, 2.45) is 5.84 Å². The lowest BCUT2D eigenvalue weighted by atomic mass is 10.1. The van der Waals surface area contributed by atoms with Gasteiger partial charge in [0, 0.05) is 13.1 Å². The number of hydrogen-bond acceptors (Lipinski definition) is 8. The number of hydrazine groups is 1. The molecule has 3 N–H and O–H groups in total. The number of aromatic nitrogens is 3. The van der Waals surface area contributed by atoms with Crippen molar-refractivity contribution in [3.05, 3.63) is 0 Å². The predicted octanol–water partition coefficient (Wildman–Crippen LogP) is 0.560. The molecule has 0 amide bonds. The monoisotopic (exact) mass is 282 g/mol. The highest BCUT2D eigenvalue weighted by molar-refractivity contribution is 5.38. The minimum absolute atomic E-state index is 0.0167. The van der Waals surface area contributed by atoms with Gasteiger partial charge in [-0.2, -0.15) is 15.0 Å². The van der Waals surface area contributed by atoms with Crippen molar-refractivity contribution in [1.29, 1.82) is 0 Å². The van der Waals surface area contributed by atoms with Gasteiger partial charge >= 0.3 is 6.01 Å². The number of nitrogens with one attached hydrogen (secondary N) is 1. The summed E-state index contributed by atoms with van der Waals surface area (Å²) in [4.78, 5) is 14.7. The Morgan fingerprint density at radius 3 is 2.70 bits per heavy atom. The molecule has 0 saturated carbocycles. The number of nitrogen functional groups attached to an aromatic ring is 1. The van der Waals surface area contributed by atoms with Crippen LogP contribution >= 0.6 is 0 Å². The second kappa shape index (κ2) is 5.76. The Bertz CT molecular complexity index is 465. The van der Waals surface area contributed by atoms with Gasteiger partial charge < -0.3 is 14.4 Å². The molecule has 1 fully saturated rings. The topological polar surface area (TPSA) is 98.4 Å². The highest BCUT2D eigenvalue weighted by Gasteiger charge is 2.29. The fraction of sp³-hybridized carbons (Fsp3) is 0.750. The molecule has 0 aromatic carbocycles. The van der Waals surface area contributed by atoms with Crippen molar-refractivity contribution in [2.75, 3.05) is 30.0 Å². The van der Waals surface area contributed by atoms with Gasteiger partial charge in [-0.1, -0.05) is 0 Å². The van der Waals surface area contributed by atoms with Crippen LogP contribution in [0.15, 0.2) is 0 Å². The van der Waals surface area contributed by atoms with E-state index in [2.05, 4.69) is 20.4 Å². The van der Waals surface area contributed by atoms with E-state index in [0.29, 0.717) is 19.1 Å². The molecule has 0 atom stereocenters. The van der Waals surface area contributed by atoms with Crippen LogP contribution in [0.1, 0.15) is 27.7 Å². The van der Waals surface area contributed by atoms with E-state index < -0.39 is 0 Å². The molecular weight excluding hydrogens is 260 g/mol. The number of anilines is 2. The lowest BCUT2D eigenvalue weighted by Crippen LogP contribution is -2.49. The van der Waals surface area contributed by atoms with E-state index in [1.807, 2.05) is 32.6 Å². The van der Waals surface area contributed by atoms with E-state index in [1.54, 1.807) is 0 Å². The molecule has 1 aromatic heterocycles. The van der Waals surface area contributed by atoms with Gasteiger partial charge in [-0.25, -0.2) is 5.84 Å². The second-order valence-corrected chi connectivity index (χ2v) is 5.58. The number of nitrogens with zero attached hydrogens (tertiary/aromatic N) is 4. The van der Waals surface area contributed by atoms with Gasteiger partial charge in [-0.05, 0) is 27.7 Å². The predicted molar refractivity (Wildman–Crippen MR) is 75.6 cm³/mol. The average molecular weight is 282 g/mol. The van der Waals surface area contributed by atoms with Crippen LogP contribution in [0.4, 0.5) is 11.9 Å². The molecule has 0 bridgehead atoms. The summed E-state index contributed by atoms with van der Waals surface area (Å²) in [6, 6.07) is 0.266. The molecule has 1 aromatic rings. The smallest absolute Gasteiger partial charge is 0.323 e. The van der Waals surface area contributed by atoms with Gasteiger partial charge in [0.15, 0.2) is 0 Å². The summed E-state index contributed by atoms with van der Waals surface area (Å²) in [5, 5.41) is 0. The van der Waals surface area contributed by atoms with Crippen molar-refractivity contribution in [2.45, 2.75) is 39.4 Å². The molecule has 2 rings (SSSR count). The van der Waals surface area contributed by atoms with Crippen molar-refractivity contribution in [3.63, 3.8) is 0 Å². The molecule has 1 saturated heterocycles. The molecule has 0 spiro atoms.